The van der Waals surface area contributed by atoms with Crippen LogP contribution in [0.2, 0.25) is 0 Å². The second kappa shape index (κ2) is 5.23. The van der Waals surface area contributed by atoms with E-state index < -0.39 is 14.8 Å². The van der Waals surface area contributed by atoms with E-state index in [0.717, 1.165) is 6.42 Å². The number of hydrogen-bond acceptors (Lipinski definition) is 7. The van der Waals surface area contributed by atoms with E-state index in [1.165, 1.54) is 23.5 Å². The number of thiazole rings is 1. The summed E-state index contributed by atoms with van der Waals surface area (Å²) in [6.45, 7) is 0. The van der Waals surface area contributed by atoms with Gasteiger partial charge in [-0.25, -0.2) is 13.4 Å². The topological polar surface area (TPSA) is 102 Å². The highest BCUT2D eigenvalue weighted by Crippen LogP contribution is 2.30. The number of aromatic nitrogens is 1. The van der Waals surface area contributed by atoms with Gasteiger partial charge in [-0.1, -0.05) is 11.3 Å². The molecule has 0 bridgehead atoms. The van der Waals surface area contributed by atoms with Crippen LogP contribution in [0, 0.1) is 10.1 Å². The first-order chi connectivity index (χ1) is 9.93. The van der Waals surface area contributed by atoms with E-state index in [0.29, 0.717) is 21.8 Å². The van der Waals surface area contributed by atoms with Gasteiger partial charge in [0.1, 0.15) is 0 Å². The average Bonchev–Trinajstić information content (AvgIpc) is 2.78. The predicted octanol–water partition coefficient (Wildman–Crippen LogP) is 2.19. The lowest BCUT2D eigenvalue weighted by atomic mass is 10.2. The summed E-state index contributed by atoms with van der Waals surface area (Å²) in [7, 11) is -2.98. The molecule has 1 aliphatic heterocycles. The van der Waals surface area contributed by atoms with Crippen molar-refractivity contribution in [3.05, 3.63) is 28.3 Å². The van der Waals surface area contributed by atoms with E-state index in [1.807, 2.05) is 0 Å². The molecule has 1 aliphatic rings. The Balaban J connectivity index is 1.83. The zero-order valence-electron chi connectivity index (χ0n) is 11.0. The first-order valence-electron chi connectivity index (χ1n) is 6.45. The van der Waals surface area contributed by atoms with Gasteiger partial charge >= 0.3 is 0 Å². The Morgan fingerprint density at radius 1 is 1.43 bits per heavy atom. The van der Waals surface area contributed by atoms with Gasteiger partial charge in [-0.2, -0.15) is 0 Å². The van der Waals surface area contributed by atoms with Crippen molar-refractivity contribution < 1.29 is 13.3 Å². The molecule has 1 aromatic carbocycles. The Bertz CT molecular complexity index is 800. The molecule has 0 saturated carbocycles. The zero-order chi connectivity index (χ0) is 15.0. The first-order valence-corrected chi connectivity index (χ1v) is 9.09. The highest BCUT2D eigenvalue weighted by atomic mass is 32.2. The van der Waals surface area contributed by atoms with Gasteiger partial charge in [-0.3, -0.25) is 10.1 Å². The van der Waals surface area contributed by atoms with Crippen molar-refractivity contribution >= 4 is 42.2 Å². The number of sulfone groups is 1. The van der Waals surface area contributed by atoms with E-state index in [-0.39, 0.29) is 23.2 Å². The molecule has 0 aliphatic carbocycles. The summed E-state index contributed by atoms with van der Waals surface area (Å²) in [4.78, 5) is 14.6. The molecule has 2 aromatic rings. The van der Waals surface area contributed by atoms with Crippen LogP contribution in [-0.4, -0.2) is 35.9 Å². The Morgan fingerprint density at radius 3 is 2.95 bits per heavy atom. The van der Waals surface area contributed by atoms with Crippen molar-refractivity contribution in [1.29, 1.82) is 0 Å². The SMILES string of the molecule is O=[N+]([O-])c1ccc2nc(N[C@@H]3CCCS(=O)(=O)C3)sc2c1. The molecule has 0 unspecified atom stereocenters. The summed E-state index contributed by atoms with van der Waals surface area (Å²) in [6, 6.07) is 4.36. The summed E-state index contributed by atoms with van der Waals surface area (Å²) in [5.41, 5.74) is 0.699. The highest BCUT2D eigenvalue weighted by molar-refractivity contribution is 7.91. The van der Waals surface area contributed by atoms with Crippen LogP contribution in [0.4, 0.5) is 10.8 Å². The van der Waals surface area contributed by atoms with E-state index in [9.17, 15) is 18.5 Å². The fraction of sp³-hybridized carbons (Fsp3) is 0.417. The minimum atomic E-state index is -2.98. The number of non-ortho nitro benzene ring substituents is 1. The Kier molecular flexibility index (Phi) is 3.54. The van der Waals surface area contributed by atoms with Crippen molar-refractivity contribution in [1.82, 2.24) is 4.98 Å². The summed E-state index contributed by atoms with van der Waals surface area (Å²) >= 11 is 1.30. The summed E-state index contributed by atoms with van der Waals surface area (Å²) in [5.74, 6) is 0.361. The van der Waals surface area contributed by atoms with Crippen LogP contribution in [0.3, 0.4) is 0 Å². The van der Waals surface area contributed by atoms with Crippen LogP contribution in [-0.2, 0) is 9.84 Å². The van der Waals surface area contributed by atoms with Gasteiger partial charge in [0.05, 0.1) is 26.6 Å². The number of hydrogen-bond donors (Lipinski definition) is 1. The molecule has 1 saturated heterocycles. The van der Waals surface area contributed by atoms with Crippen molar-refractivity contribution in [2.75, 3.05) is 16.8 Å². The molecule has 112 valence electrons. The molecule has 0 spiro atoms. The third kappa shape index (κ3) is 3.13. The van der Waals surface area contributed by atoms with Crippen LogP contribution in [0.5, 0.6) is 0 Å². The molecule has 0 amide bonds. The summed E-state index contributed by atoms with van der Waals surface area (Å²) in [6.07, 6.45) is 1.44. The summed E-state index contributed by atoms with van der Waals surface area (Å²) < 4.78 is 23.9. The van der Waals surface area contributed by atoms with Gasteiger partial charge in [0.15, 0.2) is 15.0 Å². The Morgan fingerprint density at radius 2 is 2.24 bits per heavy atom. The number of nitro groups is 1. The fourth-order valence-electron chi connectivity index (χ4n) is 2.40. The number of benzene rings is 1. The Labute approximate surface area is 125 Å². The maximum Gasteiger partial charge on any atom is 0.270 e. The second-order valence-corrected chi connectivity index (χ2v) is 8.29. The second-order valence-electron chi connectivity index (χ2n) is 5.03. The van der Waals surface area contributed by atoms with Crippen molar-refractivity contribution in [3.63, 3.8) is 0 Å². The van der Waals surface area contributed by atoms with Gasteiger partial charge < -0.3 is 5.32 Å². The maximum absolute atomic E-state index is 11.6. The molecule has 9 heteroatoms. The molecule has 21 heavy (non-hydrogen) atoms. The quantitative estimate of drug-likeness (QED) is 0.685. The first kappa shape index (κ1) is 14.2. The molecule has 1 fully saturated rings. The molecule has 2 heterocycles. The van der Waals surface area contributed by atoms with Crippen LogP contribution in [0.15, 0.2) is 18.2 Å². The van der Waals surface area contributed by atoms with Crippen LogP contribution < -0.4 is 5.32 Å². The minimum Gasteiger partial charge on any atom is -0.358 e. The fourth-order valence-corrected chi connectivity index (χ4v) is 5.01. The number of nitro benzene ring substituents is 1. The molecule has 1 N–H and O–H groups in total. The molecule has 1 aromatic heterocycles. The Hall–Kier alpha value is -1.74. The highest BCUT2D eigenvalue weighted by Gasteiger charge is 2.25. The number of nitrogens with zero attached hydrogens (tertiary/aromatic N) is 2. The van der Waals surface area contributed by atoms with E-state index >= 15 is 0 Å². The third-order valence-corrected chi connectivity index (χ3v) is 6.14. The lowest BCUT2D eigenvalue weighted by Gasteiger charge is -2.22. The molecular formula is C12H13N3O4S2. The number of fused-ring (bicyclic) bond motifs is 1. The number of anilines is 1. The molecular weight excluding hydrogens is 314 g/mol. The smallest absolute Gasteiger partial charge is 0.270 e. The largest absolute Gasteiger partial charge is 0.358 e. The predicted molar refractivity (Wildman–Crippen MR) is 81.6 cm³/mol. The number of nitrogens with one attached hydrogen (secondary N) is 1. The van der Waals surface area contributed by atoms with E-state index in [4.69, 9.17) is 0 Å². The standard InChI is InChI=1S/C12H13N3O4S2/c16-15(17)9-3-4-10-11(6-9)20-12(14-10)13-8-2-1-5-21(18,19)7-8/h3-4,6,8H,1-2,5,7H2,(H,13,14)/t8-/m1/s1. The van der Waals surface area contributed by atoms with Crippen LogP contribution in [0.25, 0.3) is 10.2 Å². The zero-order valence-corrected chi connectivity index (χ0v) is 12.6. The van der Waals surface area contributed by atoms with Crippen LogP contribution >= 0.6 is 11.3 Å². The van der Waals surface area contributed by atoms with Gasteiger partial charge in [0.25, 0.3) is 5.69 Å². The summed E-state index contributed by atoms with van der Waals surface area (Å²) in [5, 5.41) is 14.5. The third-order valence-electron chi connectivity index (χ3n) is 3.37. The normalized spacial score (nSPS) is 21.2. The van der Waals surface area contributed by atoms with Crippen molar-refractivity contribution in [2.24, 2.45) is 0 Å². The van der Waals surface area contributed by atoms with Crippen LogP contribution in [0.1, 0.15) is 12.8 Å². The molecule has 1 atom stereocenters. The van der Waals surface area contributed by atoms with Crippen molar-refractivity contribution in [3.8, 4) is 0 Å². The molecule has 7 nitrogen and oxygen atoms in total. The monoisotopic (exact) mass is 327 g/mol. The van der Waals surface area contributed by atoms with E-state index in [1.54, 1.807) is 6.07 Å². The average molecular weight is 327 g/mol. The van der Waals surface area contributed by atoms with Crippen molar-refractivity contribution in [2.45, 2.75) is 18.9 Å². The van der Waals surface area contributed by atoms with Gasteiger partial charge in [-0.05, 0) is 18.9 Å². The number of rotatable bonds is 3. The molecule has 0 radical (unpaired) electrons. The van der Waals surface area contributed by atoms with Gasteiger partial charge in [-0.15, -0.1) is 0 Å². The minimum absolute atomic E-state index is 0.0259. The lowest BCUT2D eigenvalue weighted by Crippen LogP contribution is -2.34. The molecule has 3 rings (SSSR count). The van der Waals surface area contributed by atoms with Gasteiger partial charge in [0.2, 0.25) is 0 Å². The maximum atomic E-state index is 11.6. The van der Waals surface area contributed by atoms with E-state index in [2.05, 4.69) is 10.3 Å². The van der Waals surface area contributed by atoms with Gasteiger partial charge in [0, 0.05) is 18.2 Å². The lowest BCUT2D eigenvalue weighted by molar-refractivity contribution is -0.384.